The van der Waals surface area contributed by atoms with Crippen molar-refractivity contribution in [2.24, 2.45) is 0 Å². The standard InChI is InChI=1S/C14H13N3O/c1-11(2)10-18-14-5-3-4-13(6-14)17-9-12(7-15)8-16/h3-6,9,17H,1,10H2,2H3. The number of nitriles is 2. The second kappa shape index (κ2) is 6.78. The van der Waals surface area contributed by atoms with Crippen LogP contribution < -0.4 is 10.1 Å². The Hall–Kier alpha value is -2.72. The molecule has 0 amide bonds. The highest BCUT2D eigenvalue weighted by atomic mass is 16.5. The molecule has 1 aromatic rings. The highest BCUT2D eigenvalue weighted by molar-refractivity contribution is 5.52. The first-order chi connectivity index (χ1) is 8.65. The maximum atomic E-state index is 8.59. The molecule has 4 nitrogen and oxygen atoms in total. The van der Waals surface area contributed by atoms with E-state index in [0.29, 0.717) is 12.4 Å². The fourth-order valence-electron chi connectivity index (χ4n) is 1.13. The largest absolute Gasteiger partial charge is 0.489 e. The quantitative estimate of drug-likeness (QED) is 0.633. The van der Waals surface area contributed by atoms with Crippen molar-refractivity contribution in [3.63, 3.8) is 0 Å². The first-order valence-corrected chi connectivity index (χ1v) is 5.30. The van der Waals surface area contributed by atoms with Gasteiger partial charge in [-0.2, -0.15) is 10.5 Å². The van der Waals surface area contributed by atoms with Gasteiger partial charge in [0.05, 0.1) is 0 Å². The van der Waals surface area contributed by atoms with Crippen LogP contribution in [0.2, 0.25) is 0 Å². The summed E-state index contributed by atoms with van der Waals surface area (Å²) < 4.78 is 5.48. The Balaban J connectivity index is 2.72. The molecule has 0 aliphatic heterocycles. The van der Waals surface area contributed by atoms with E-state index in [9.17, 15) is 0 Å². The van der Waals surface area contributed by atoms with Crippen LogP contribution in [0.25, 0.3) is 0 Å². The third-order valence-corrected chi connectivity index (χ3v) is 1.94. The number of ether oxygens (including phenoxy) is 1. The number of allylic oxidation sites excluding steroid dienone is 1. The minimum Gasteiger partial charge on any atom is -0.489 e. The van der Waals surface area contributed by atoms with Crippen LogP contribution in [0.3, 0.4) is 0 Å². The number of nitrogens with zero attached hydrogens (tertiary/aromatic N) is 2. The second-order valence-electron chi connectivity index (χ2n) is 3.70. The van der Waals surface area contributed by atoms with Crippen molar-refractivity contribution in [1.82, 2.24) is 0 Å². The van der Waals surface area contributed by atoms with E-state index in [0.717, 1.165) is 11.3 Å². The zero-order valence-corrected chi connectivity index (χ0v) is 10.1. The third kappa shape index (κ3) is 4.42. The van der Waals surface area contributed by atoms with Gasteiger partial charge in [0.15, 0.2) is 0 Å². The van der Waals surface area contributed by atoms with Crippen molar-refractivity contribution >= 4 is 5.69 Å². The lowest BCUT2D eigenvalue weighted by atomic mass is 10.3. The van der Waals surface area contributed by atoms with E-state index in [4.69, 9.17) is 15.3 Å². The van der Waals surface area contributed by atoms with E-state index in [1.807, 2.05) is 25.1 Å². The van der Waals surface area contributed by atoms with Crippen LogP contribution in [-0.2, 0) is 0 Å². The third-order valence-electron chi connectivity index (χ3n) is 1.94. The SMILES string of the molecule is C=C(C)COc1cccc(NC=C(C#N)C#N)c1. The van der Waals surface area contributed by atoms with Gasteiger partial charge in [-0.25, -0.2) is 0 Å². The summed E-state index contributed by atoms with van der Waals surface area (Å²) in [6.07, 6.45) is 1.36. The molecule has 0 unspecified atom stereocenters. The molecule has 18 heavy (non-hydrogen) atoms. The first kappa shape index (κ1) is 13.3. The van der Waals surface area contributed by atoms with Crippen molar-refractivity contribution in [1.29, 1.82) is 10.5 Å². The molecule has 0 atom stereocenters. The van der Waals surface area contributed by atoms with E-state index in [1.165, 1.54) is 6.20 Å². The molecule has 0 fully saturated rings. The van der Waals surface area contributed by atoms with E-state index in [-0.39, 0.29) is 5.57 Å². The van der Waals surface area contributed by atoms with Crippen LogP contribution in [0.1, 0.15) is 6.92 Å². The van der Waals surface area contributed by atoms with Gasteiger partial charge in [-0.3, -0.25) is 0 Å². The van der Waals surface area contributed by atoms with Gasteiger partial charge in [0.25, 0.3) is 0 Å². The first-order valence-electron chi connectivity index (χ1n) is 5.30. The molecule has 0 saturated carbocycles. The van der Waals surface area contributed by atoms with Crippen molar-refractivity contribution in [2.75, 3.05) is 11.9 Å². The zero-order chi connectivity index (χ0) is 13.4. The minimum atomic E-state index is 0.0169. The lowest BCUT2D eigenvalue weighted by Gasteiger charge is -2.07. The Morgan fingerprint density at radius 1 is 1.44 bits per heavy atom. The van der Waals surface area contributed by atoms with Gasteiger partial charge in [-0.15, -0.1) is 0 Å². The molecule has 0 bridgehead atoms. The monoisotopic (exact) mass is 239 g/mol. The van der Waals surface area contributed by atoms with Crippen molar-refractivity contribution < 1.29 is 4.74 Å². The summed E-state index contributed by atoms with van der Waals surface area (Å²) in [6, 6.07) is 10.8. The smallest absolute Gasteiger partial charge is 0.145 e. The Bertz CT molecular complexity index is 531. The molecule has 90 valence electrons. The summed E-state index contributed by atoms with van der Waals surface area (Å²) in [5, 5.41) is 20.0. The number of benzene rings is 1. The van der Waals surface area contributed by atoms with Crippen LogP contribution in [0, 0.1) is 22.7 Å². The van der Waals surface area contributed by atoms with E-state index in [2.05, 4.69) is 11.9 Å². The predicted molar refractivity (Wildman–Crippen MR) is 69.7 cm³/mol. The average Bonchev–Trinajstić information content (AvgIpc) is 2.38. The summed E-state index contributed by atoms with van der Waals surface area (Å²) in [6.45, 7) is 6.10. The minimum absolute atomic E-state index is 0.0169. The predicted octanol–water partition coefficient (Wildman–Crippen LogP) is 2.98. The molecule has 0 spiro atoms. The van der Waals surface area contributed by atoms with Crippen molar-refractivity contribution in [2.45, 2.75) is 6.92 Å². The van der Waals surface area contributed by atoms with E-state index in [1.54, 1.807) is 18.2 Å². The van der Waals surface area contributed by atoms with Crippen molar-refractivity contribution in [3.8, 4) is 17.9 Å². The fraction of sp³-hybridized carbons (Fsp3) is 0.143. The van der Waals surface area contributed by atoms with Gasteiger partial charge in [0.2, 0.25) is 0 Å². The molecule has 0 aromatic heterocycles. The van der Waals surface area contributed by atoms with Crippen LogP contribution >= 0.6 is 0 Å². The summed E-state index contributed by atoms with van der Waals surface area (Å²) >= 11 is 0. The molecule has 0 aliphatic carbocycles. The van der Waals surface area contributed by atoms with Gasteiger partial charge in [0.1, 0.15) is 30.1 Å². The molecule has 4 heteroatoms. The molecule has 1 N–H and O–H groups in total. The van der Waals surface area contributed by atoms with Gasteiger partial charge in [0, 0.05) is 18.0 Å². The average molecular weight is 239 g/mol. The summed E-state index contributed by atoms with van der Waals surface area (Å²) in [7, 11) is 0. The molecule has 0 aliphatic rings. The topological polar surface area (TPSA) is 68.8 Å². The Kier molecular flexibility index (Phi) is 5.02. The molecular weight excluding hydrogens is 226 g/mol. The molecule has 1 aromatic carbocycles. The molecular formula is C14H13N3O. The van der Waals surface area contributed by atoms with Gasteiger partial charge in [-0.05, 0) is 24.6 Å². The molecule has 0 saturated heterocycles. The van der Waals surface area contributed by atoms with Crippen LogP contribution in [0.4, 0.5) is 5.69 Å². The van der Waals surface area contributed by atoms with E-state index >= 15 is 0 Å². The number of nitrogens with one attached hydrogen (secondary N) is 1. The second-order valence-corrected chi connectivity index (χ2v) is 3.70. The molecule has 1 rings (SSSR count). The normalized spacial score (nSPS) is 8.61. The molecule has 0 radical (unpaired) electrons. The fourth-order valence-corrected chi connectivity index (χ4v) is 1.13. The van der Waals surface area contributed by atoms with Gasteiger partial charge in [-0.1, -0.05) is 12.6 Å². The van der Waals surface area contributed by atoms with Crippen LogP contribution in [0.15, 0.2) is 48.2 Å². The number of hydrogen-bond donors (Lipinski definition) is 1. The van der Waals surface area contributed by atoms with Crippen molar-refractivity contribution in [3.05, 3.63) is 48.2 Å². The Labute approximate surface area is 106 Å². The highest BCUT2D eigenvalue weighted by Gasteiger charge is 1.97. The lowest BCUT2D eigenvalue weighted by Crippen LogP contribution is -1.98. The zero-order valence-electron chi connectivity index (χ0n) is 10.1. The number of hydrogen-bond acceptors (Lipinski definition) is 4. The van der Waals surface area contributed by atoms with Crippen LogP contribution in [0.5, 0.6) is 5.75 Å². The highest BCUT2D eigenvalue weighted by Crippen LogP contribution is 2.18. The summed E-state index contributed by atoms with van der Waals surface area (Å²) in [5.74, 6) is 0.701. The Morgan fingerprint density at radius 2 is 2.17 bits per heavy atom. The summed E-state index contributed by atoms with van der Waals surface area (Å²) in [4.78, 5) is 0. The Morgan fingerprint density at radius 3 is 2.78 bits per heavy atom. The van der Waals surface area contributed by atoms with Gasteiger partial charge < -0.3 is 10.1 Å². The number of anilines is 1. The molecule has 0 heterocycles. The number of rotatable bonds is 5. The van der Waals surface area contributed by atoms with Crippen LogP contribution in [-0.4, -0.2) is 6.61 Å². The summed E-state index contributed by atoms with van der Waals surface area (Å²) in [5.41, 5.74) is 1.70. The maximum absolute atomic E-state index is 8.59. The van der Waals surface area contributed by atoms with E-state index < -0.39 is 0 Å². The maximum Gasteiger partial charge on any atom is 0.145 e. The van der Waals surface area contributed by atoms with Gasteiger partial charge >= 0.3 is 0 Å². The lowest BCUT2D eigenvalue weighted by molar-refractivity contribution is 0.353.